The van der Waals surface area contributed by atoms with E-state index in [1.165, 1.54) is 0 Å². The first-order valence-electron chi connectivity index (χ1n) is 5.17. The van der Waals surface area contributed by atoms with Crippen molar-refractivity contribution in [2.24, 2.45) is 0 Å². The van der Waals surface area contributed by atoms with Crippen LogP contribution < -0.4 is 0 Å². The molecule has 1 aromatic heterocycles. The summed E-state index contributed by atoms with van der Waals surface area (Å²) in [4.78, 5) is 0. The van der Waals surface area contributed by atoms with Crippen LogP contribution in [-0.2, 0) is 10.3 Å². The van der Waals surface area contributed by atoms with Crippen molar-refractivity contribution >= 4 is 0 Å². The molecule has 14 heavy (non-hydrogen) atoms. The van der Waals surface area contributed by atoms with Crippen LogP contribution in [0, 0.1) is 0 Å². The van der Waals surface area contributed by atoms with Gasteiger partial charge in [-0.2, -0.15) is 0 Å². The first kappa shape index (κ1) is 9.65. The average molecular weight is 195 g/mol. The van der Waals surface area contributed by atoms with Crippen LogP contribution in [-0.4, -0.2) is 21.4 Å². The van der Waals surface area contributed by atoms with E-state index >= 15 is 0 Å². The summed E-state index contributed by atoms with van der Waals surface area (Å²) in [5.41, 5.74) is -0.221. The highest BCUT2D eigenvalue weighted by Gasteiger charge is 2.36. The maximum atomic E-state index is 5.75. The van der Waals surface area contributed by atoms with E-state index in [0.29, 0.717) is 6.04 Å². The van der Waals surface area contributed by atoms with Gasteiger partial charge >= 0.3 is 0 Å². The van der Waals surface area contributed by atoms with Crippen LogP contribution in [0.1, 0.15) is 45.5 Å². The lowest BCUT2D eigenvalue weighted by molar-refractivity contribution is 0.00549. The molecule has 0 aliphatic carbocycles. The minimum atomic E-state index is -0.221. The van der Waals surface area contributed by atoms with E-state index in [1.54, 1.807) is 6.33 Å². The van der Waals surface area contributed by atoms with Gasteiger partial charge in [-0.3, -0.25) is 0 Å². The van der Waals surface area contributed by atoms with Crippen LogP contribution in [0.15, 0.2) is 6.33 Å². The van der Waals surface area contributed by atoms with E-state index in [9.17, 15) is 0 Å². The number of rotatable bonds is 2. The van der Waals surface area contributed by atoms with Gasteiger partial charge in [0, 0.05) is 12.6 Å². The molecule has 1 aliphatic rings. The summed E-state index contributed by atoms with van der Waals surface area (Å²) in [6.07, 6.45) is 3.94. The smallest absolute Gasteiger partial charge is 0.165 e. The molecule has 0 saturated carbocycles. The summed E-state index contributed by atoms with van der Waals surface area (Å²) in [5, 5.41) is 8.15. The predicted octanol–water partition coefficient (Wildman–Crippen LogP) is 1.88. The molecule has 1 unspecified atom stereocenters. The SMILES string of the molecule is CC(C)n1cnnc1C1(C)CCCO1. The molecule has 1 aromatic rings. The Balaban J connectivity index is 2.35. The van der Waals surface area contributed by atoms with Gasteiger partial charge in [-0.1, -0.05) is 0 Å². The fraction of sp³-hybridized carbons (Fsp3) is 0.800. The Morgan fingerprint density at radius 2 is 2.36 bits per heavy atom. The van der Waals surface area contributed by atoms with Crippen LogP contribution in [0.4, 0.5) is 0 Å². The number of hydrogen-bond acceptors (Lipinski definition) is 3. The lowest BCUT2D eigenvalue weighted by atomic mass is 10.0. The van der Waals surface area contributed by atoms with E-state index in [2.05, 4.69) is 35.5 Å². The van der Waals surface area contributed by atoms with Crippen LogP contribution in [0.25, 0.3) is 0 Å². The number of nitrogens with zero attached hydrogens (tertiary/aromatic N) is 3. The van der Waals surface area contributed by atoms with Gasteiger partial charge in [-0.25, -0.2) is 0 Å². The predicted molar refractivity (Wildman–Crippen MR) is 52.9 cm³/mol. The summed E-state index contributed by atoms with van der Waals surface area (Å²) in [6.45, 7) is 7.20. The largest absolute Gasteiger partial charge is 0.367 e. The Labute approximate surface area is 84.3 Å². The van der Waals surface area contributed by atoms with Gasteiger partial charge in [0.25, 0.3) is 0 Å². The Hall–Kier alpha value is -0.900. The molecule has 78 valence electrons. The fourth-order valence-corrected chi connectivity index (χ4v) is 1.95. The molecule has 0 aromatic carbocycles. The van der Waals surface area contributed by atoms with Crippen LogP contribution in [0.2, 0.25) is 0 Å². The van der Waals surface area contributed by atoms with E-state index in [0.717, 1.165) is 25.3 Å². The second-order valence-electron chi connectivity index (χ2n) is 4.34. The minimum Gasteiger partial charge on any atom is -0.367 e. The fourth-order valence-electron chi connectivity index (χ4n) is 1.95. The van der Waals surface area contributed by atoms with Crippen molar-refractivity contribution in [1.82, 2.24) is 14.8 Å². The van der Waals surface area contributed by atoms with Crippen LogP contribution >= 0.6 is 0 Å². The number of ether oxygens (including phenoxy) is 1. The summed E-state index contributed by atoms with van der Waals surface area (Å²) >= 11 is 0. The van der Waals surface area contributed by atoms with Crippen molar-refractivity contribution in [3.8, 4) is 0 Å². The Bertz CT molecular complexity index is 313. The molecule has 1 aliphatic heterocycles. The molecule has 1 fully saturated rings. The van der Waals surface area contributed by atoms with Crippen molar-refractivity contribution in [2.75, 3.05) is 6.61 Å². The first-order chi connectivity index (χ1) is 6.63. The summed E-state index contributed by atoms with van der Waals surface area (Å²) in [5.74, 6) is 0.963. The second kappa shape index (κ2) is 3.35. The quantitative estimate of drug-likeness (QED) is 0.723. The minimum absolute atomic E-state index is 0.221. The van der Waals surface area contributed by atoms with E-state index in [-0.39, 0.29) is 5.60 Å². The van der Waals surface area contributed by atoms with Crippen LogP contribution in [0.5, 0.6) is 0 Å². The Kier molecular flexibility index (Phi) is 2.31. The molecule has 1 saturated heterocycles. The van der Waals surface area contributed by atoms with Crippen molar-refractivity contribution in [2.45, 2.75) is 45.3 Å². The van der Waals surface area contributed by atoms with Gasteiger partial charge in [0.05, 0.1) is 0 Å². The molecule has 2 rings (SSSR count). The maximum absolute atomic E-state index is 5.75. The first-order valence-corrected chi connectivity index (χ1v) is 5.17. The normalized spacial score (nSPS) is 27.4. The zero-order valence-corrected chi connectivity index (χ0v) is 9.03. The zero-order valence-electron chi connectivity index (χ0n) is 9.03. The molecule has 0 amide bonds. The topological polar surface area (TPSA) is 39.9 Å². The summed E-state index contributed by atoms with van der Waals surface area (Å²) < 4.78 is 7.84. The highest BCUT2D eigenvalue weighted by molar-refractivity contribution is 5.03. The highest BCUT2D eigenvalue weighted by atomic mass is 16.5. The standard InChI is InChI=1S/C10H17N3O/c1-8(2)13-7-11-12-9(13)10(3)5-4-6-14-10/h7-8H,4-6H2,1-3H3. The monoisotopic (exact) mass is 195 g/mol. The van der Waals surface area contributed by atoms with Crippen molar-refractivity contribution in [1.29, 1.82) is 0 Å². The third-order valence-electron chi connectivity index (χ3n) is 2.82. The van der Waals surface area contributed by atoms with Gasteiger partial charge < -0.3 is 9.30 Å². The van der Waals surface area contributed by atoms with E-state index in [4.69, 9.17) is 4.74 Å². The summed E-state index contributed by atoms with van der Waals surface area (Å²) in [7, 11) is 0. The molecular weight excluding hydrogens is 178 g/mol. The number of hydrogen-bond donors (Lipinski definition) is 0. The van der Waals surface area contributed by atoms with Gasteiger partial charge in [-0.15, -0.1) is 10.2 Å². The lowest BCUT2D eigenvalue weighted by Gasteiger charge is -2.24. The molecule has 2 heterocycles. The van der Waals surface area contributed by atoms with Crippen molar-refractivity contribution in [3.05, 3.63) is 12.2 Å². The highest BCUT2D eigenvalue weighted by Crippen LogP contribution is 2.34. The van der Waals surface area contributed by atoms with Gasteiger partial charge in [0.2, 0.25) is 0 Å². The molecule has 0 spiro atoms. The molecule has 0 bridgehead atoms. The van der Waals surface area contributed by atoms with E-state index in [1.807, 2.05) is 0 Å². The number of aromatic nitrogens is 3. The van der Waals surface area contributed by atoms with Gasteiger partial charge in [0.15, 0.2) is 5.82 Å². The molecule has 0 N–H and O–H groups in total. The molecule has 1 atom stereocenters. The maximum Gasteiger partial charge on any atom is 0.165 e. The lowest BCUT2D eigenvalue weighted by Crippen LogP contribution is -2.26. The average Bonchev–Trinajstić information content (AvgIpc) is 2.71. The summed E-state index contributed by atoms with van der Waals surface area (Å²) in [6, 6.07) is 0.390. The molecule has 4 heteroatoms. The van der Waals surface area contributed by atoms with Crippen molar-refractivity contribution < 1.29 is 4.74 Å². The molecule has 4 nitrogen and oxygen atoms in total. The van der Waals surface area contributed by atoms with E-state index < -0.39 is 0 Å². The third-order valence-corrected chi connectivity index (χ3v) is 2.82. The zero-order chi connectivity index (χ0) is 10.2. The Morgan fingerprint density at radius 3 is 2.93 bits per heavy atom. The Morgan fingerprint density at radius 1 is 1.57 bits per heavy atom. The van der Waals surface area contributed by atoms with Gasteiger partial charge in [0.1, 0.15) is 11.9 Å². The molecule has 0 radical (unpaired) electrons. The van der Waals surface area contributed by atoms with Gasteiger partial charge in [-0.05, 0) is 33.6 Å². The van der Waals surface area contributed by atoms with Crippen LogP contribution in [0.3, 0.4) is 0 Å². The third kappa shape index (κ3) is 1.43. The van der Waals surface area contributed by atoms with Crippen molar-refractivity contribution in [3.63, 3.8) is 0 Å². The molecular formula is C10H17N3O. The second-order valence-corrected chi connectivity index (χ2v) is 4.34.